The summed E-state index contributed by atoms with van der Waals surface area (Å²) in [6.45, 7) is 3.94. The van der Waals surface area contributed by atoms with Gasteiger partial charge in [-0.05, 0) is 25.5 Å². The van der Waals surface area contributed by atoms with E-state index in [1.54, 1.807) is 6.92 Å². The Hall–Kier alpha value is -2.70. The van der Waals surface area contributed by atoms with Gasteiger partial charge in [0.1, 0.15) is 11.3 Å². The van der Waals surface area contributed by atoms with Crippen molar-refractivity contribution in [2.24, 2.45) is 0 Å². The molecule has 0 atom stereocenters. The van der Waals surface area contributed by atoms with E-state index in [4.69, 9.17) is 14.3 Å². The second kappa shape index (κ2) is 5.74. The van der Waals surface area contributed by atoms with Gasteiger partial charge in [0.2, 0.25) is 0 Å². The lowest BCUT2D eigenvalue weighted by atomic mass is 10.1. The number of rotatable bonds is 4. The zero-order chi connectivity index (χ0) is 15.6. The van der Waals surface area contributed by atoms with Crippen LogP contribution in [0.15, 0.2) is 21.3 Å². The number of nitrogens with one attached hydrogen (secondary N) is 1. The van der Waals surface area contributed by atoms with Gasteiger partial charge in [0, 0.05) is 10.9 Å². The van der Waals surface area contributed by atoms with E-state index in [1.165, 1.54) is 12.1 Å². The number of phenolic OH excluding ortho intramolecular Hbond substituents is 1. The third-order valence-electron chi connectivity index (χ3n) is 2.90. The summed E-state index contributed by atoms with van der Waals surface area (Å²) in [4.78, 5) is 22.3. The van der Waals surface area contributed by atoms with E-state index in [-0.39, 0.29) is 22.8 Å². The van der Waals surface area contributed by atoms with Gasteiger partial charge < -0.3 is 19.4 Å². The molecule has 7 nitrogen and oxygen atoms in total. The molecule has 1 amide bonds. The summed E-state index contributed by atoms with van der Waals surface area (Å²) in [7, 11) is 0. The number of carbonyl (C=O) groups is 1. The fraction of sp³-hybridized carbons (Fsp3) is 0.286. The van der Waals surface area contributed by atoms with Gasteiger partial charge in [-0.2, -0.15) is 0 Å². The Kier molecular flexibility index (Phi) is 4.02. The molecular formula is C14H15NO6. The van der Waals surface area contributed by atoms with Gasteiger partial charge in [-0.25, -0.2) is 9.59 Å². The first-order valence-corrected chi connectivity index (χ1v) is 6.37. The number of amides is 1. The molecule has 0 aliphatic heterocycles. The number of fused-ring (bicyclic) bond motifs is 1. The fourth-order valence-electron chi connectivity index (χ4n) is 1.91. The lowest BCUT2D eigenvalue weighted by Crippen LogP contribution is -2.15. The Morgan fingerprint density at radius 3 is 2.76 bits per heavy atom. The van der Waals surface area contributed by atoms with Crippen LogP contribution in [0, 0.1) is 6.92 Å². The Morgan fingerprint density at radius 2 is 2.14 bits per heavy atom. The predicted octanol–water partition coefficient (Wildman–Crippen LogP) is 2.69. The number of hydrogen-bond acceptors (Lipinski definition) is 5. The van der Waals surface area contributed by atoms with Crippen LogP contribution in [-0.4, -0.2) is 22.9 Å². The number of carboxylic acid groups (broad SMARTS) is 1. The number of aromatic hydroxyl groups is 1. The third kappa shape index (κ3) is 2.91. The molecule has 2 rings (SSSR count). The molecule has 0 aliphatic rings. The normalized spacial score (nSPS) is 10.6. The van der Waals surface area contributed by atoms with Crippen LogP contribution in [0.3, 0.4) is 0 Å². The van der Waals surface area contributed by atoms with Crippen LogP contribution < -0.4 is 15.7 Å². The van der Waals surface area contributed by atoms with Crippen molar-refractivity contribution in [3.05, 3.63) is 28.1 Å². The summed E-state index contributed by atoms with van der Waals surface area (Å²) in [6.07, 6.45) is -0.591. The van der Waals surface area contributed by atoms with E-state index >= 15 is 0 Å². The van der Waals surface area contributed by atoms with Gasteiger partial charge in [0.05, 0.1) is 6.61 Å². The molecule has 0 spiro atoms. The van der Waals surface area contributed by atoms with Gasteiger partial charge >= 0.3 is 11.7 Å². The maximum atomic E-state index is 11.7. The number of aryl methyl sites for hydroxylation is 1. The molecule has 1 heterocycles. The van der Waals surface area contributed by atoms with Crippen LogP contribution in [-0.2, 0) is 0 Å². The second-order valence-corrected chi connectivity index (χ2v) is 4.49. The Morgan fingerprint density at radius 1 is 1.43 bits per heavy atom. The van der Waals surface area contributed by atoms with Crippen molar-refractivity contribution in [2.75, 3.05) is 11.9 Å². The maximum absolute atomic E-state index is 11.7. The summed E-state index contributed by atoms with van der Waals surface area (Å²) >= 11 is 0. The highest BCUT2D eigenvalue weighted by Gasteiger charge is 2.15. The molecule has 0 fully saturated rings. The first-order chi connectivity index (χ1) is 9.93. The highest BCUT2D eigenvalue weighted by molar-refractivity contribution is 5.90. The van der Waals surface area contributed by atoms with Crippen molar-refractivity contribution >= 4 is 22.7 Å². The molecule has 0 saturated heterocycles. The minimum absolute atomic E-state index is 0.0990. The first-order valence-electron chi connectivity index (χ1n) is 6.37. The molecule has 0 bridgehead atoms. The van der Waals surface area contributed by atoms with Gasteiger partial charge in [-0.3, -0.25) is 5.32 Å². The van der Waals surface area contributed by atoms with Gasteiger partial charge in [0.15, 0.2) is 11.5 Å². The number of hydrogen-bond donors (Lipinski definition) is 3. The fourth-order valence-corrected chi connectivity index (χ4v) is 1.91. The minimum atomic E-state index is -1.36. The van der Waals surface area contributed by atoms with Crippen molar-refractivity contribution in [1.82, 2.24) is 0 Å². The number of phenols is 1. The van der Waals surface area contributed by atoms with E-state index in [9.17, 15) is 14.7 Å². The first kappa shape index (κ1) is 14.7. The summed E-state index contributed by atoms with van der Waals surface area (Å²) in [6, 6.07) is 2.85. The van der Waals surface area contributed by atoms with Crippen LogP contribution in [0.5, 0.6) is 11.5 Å². The summed E-state index contributed by atoms with van der Waals surface area (Å²) < 4.78 is 10.5. The summed E-state index contributed by atoms with van der Waals surface area (Å²) in [5.74, 6) is 0.162. The van der Waals surface area contributed by atoms with E-state index in [0.29, 0.717) is 17.6 Å². The van der Waals surface area contributed by atoms with Crippen LogP contribution in [0.2, 0.25) is 0 Å². The van der Waals surface area contributed by atoms with E-state index in [0.717, 1.165) is 6.42 Å². The van der Waals surface area contributed by atoms with E-state index in [2.05, 4.69) is 0 Å². The number of benzene rings is 1. The summed E-state index contributed by atoms with van der Waals surface area (Å²) in [5.41, 5.74) is -0.467. The van der Waals surface area contributed by atoms with Crippen LogP contribution in [0.4, 0.5) is 10.5 Å². The van der Waals surface area contributed by atoms with Crippen molar-refractivity contribution in [3.63, 3.8) is 0 Å². The lowest BCUT2D eigenvalue weighted by molar-refractivity contribution is 0.209. The molecule has 3 N–H and O–H groups in total. The lowest BCUT2D eigenvalue weighted by Gasteiger charge is -2.11. The molecule has 1 aromatic heterocycles. The molecule has 0 unspecified atom stereocenters. The van der Waals surface area contributed by atoms with Crippen molar-refractivity contribution < 1.29 is 24.2 Å². The molecule has 0 radical (unpaired) electrons. The van der Waals surface area contributed by atoms with Crippen LogP contribution in [0.25, 0.3) is 11.0 Å². The third-order valence-corrected chi connectivity index (χ3v) is 2.90. The van der Waals surface area contributed by atoms with E-state index in [1.807, 2.05) is 12.2 Å². The molecule has 112 valence electrons. The van der Waals surface area contributed by atoms with Gasteiger partial charge in [-0.1, -0.05) is 6.92 Å². The molecule has 0 aliphatic carbocycles. The minimum Gasteiger partial charge on any atom is -0.504 e. The largest absolute Gasteiger partial charge is 0.504 e. The van der Waals surface area contributed by atoms with Crippen molar-refractivity contribution in [2.45, 2.75) is 20.3 Å². The Bertz CT molecular complexity index is 749. The molecule has 21 heavy (non-hydrogen) atoms. The molecule has 0 saturated carbocycles. The topological polar surface area (TPSA) is 109 Å². The number of ether oxygens (including phenoxy) is 1. The van der Waals surface area contributed by atoms with Gasteiger partial charge in [0.25, 0.3) is 0 Å². The number of anilines is 1. The second-order valence-electron chi connectivity index (χ2n) is 4.49. The quantitative estimate of drug-likeness (QED) is 0.748. The summed E-state index contributed by atoms with van der Waals surface area (Å²) in [5, 5.41) is 21.1. The monoisotopic (exact) mass is 293 g/mol. The van der Waals surface area contributed by atoms with Gasteiger partial charge in [-0.15, -0.1) is 0 Å². The van der Waals surface area contributed by atoms with E-state index < -0.39 is 11.7 Å². The smallest absolute Gasteiger partial charge is 0.409 e. The predicted molar refractivity (Wildman–Crippen MR) is 76.3 cm³/mol. The Balaban J connectivity index is 2.62. The Labute approximate surface area is 119 Å². The average molecular weight is 293 g/mol. The van der Waals surface area contributed by atoms with Crippen molar-refractivity contribution in [3.8, 4) is 11.5 Å². The molecular weight excluding hydrogens is 278 g/mol. The maximum Gasteiger partial charge on any atom is 0.409 e. The average Bonchev–Trinajstić information content (AvgIpc) is 2.43. The highest BCUT2D eigenvalue weighted by Crippen LogP contribution is 2.36. The molecule has 1 aromatic carbocycles. The zero-order valence-corrected chi connectivity index (χ0v) is 11.6. The standard InChI is InChI=1S/C14H15NO6/c1-3-4-20-10-6-8-5-9(15-14(18)19)13(17)21-12(8)7(2)11(10)16/h5-6,15-16H,3-4H2,1-2H3,(H,18,19). The van der Waals surface area contributed by atoms with Crippen LogP contribution in [0.1, 0.15) is 18.9 Å². The van der Waals surface area contributed by atoms with Crippen LogP contribution >= 0.6 is 0 Å². The highest BCUT2D eigenvalue weighted by atomic mass is 16.5. The molecule has 7 heteroatoms. The zero-order valence-electron chi connectivity index (χ0n) is 11.6. The molecule has 2 aromatic rings. The van der Waals surface area contributed by atoms with Crippen molar-refractivity contribution in [1.29, 1.82) is 0 Å². The SMILES string of the molecule is CCCOc1cc2cc(NC(=O)O)c(=O)oc2c(C)c1O.